The van der Waals surface area contributed by atoms with Crippen LogP contribution in [0.3, 0.4) is 0 Å². The zero-order chi connectivity index (χ0) is 30.3. The Kier molecular flexibility index (Phi) is 15.0. The fraction of sp³-hybridized carbons (Fsp3) is 0.543. The number of rotatable bonds is 8. The molecule has 2 heterocycles. The number of hydrogen-bond acceptors (Lipinski definition) is 5. The van der Waals surface area contributed by atoms with Gasteiger partial charge in [0.25, 0.3) is 0 Å². The van der Waals surface area contributed by atoms with Crippen molar-refractivity contribution in [1.82, 2.24) is 14.7 Å². The van der Waals surface area contributed by atoms with Gasteiger partial charge in [-0.3, -0.25) is 22.6 Å². The van der Waals surface area contributed by atoms with Crippen molar-refractivity contribution in [3.63, 3.8) is 0 Å². The van der Waals surface area contributed by atoms with E-state index in [1.165, 1.54) is 17.7 Å². The van der Waals surface area contributed by atoms with E-state index in [1.807, 2.05) is 44.3 Å². The van der Waals surface area contributed by atoms with Crippen LogP contribution >= 0.6 is 24.4 Å². The first kappa shape index (κ1) is 37.0. The van der Waals surface area contributed by atoms with E-state index >= 15 is 0 Å². The summed E-state index contributed by atoms with van der Waals surface area (Å²) in [4.78, 5) is 10.3. The summed E-state index contributed by atoms with van der Waals surface area (Å²) in [6.07, 6.45) is 5.54. The largest absolute Gasteiger partial charge is 1.00 e. The van der Waals surface area contributed by atoms with Gasteiger partial charge >= 0.3 is 51.4 Å². The molecule has 43 heavy (non-hydrogen) atoms. The normalized spacial score (nSPS) is 25.0. The molecule has 3 unspecified atom stereocenters. The molecule has 0 radical (unpaired) electrons. The summed E-state index contributed by atoms with van der Waals surface area (Å²) in [5.74, 6) is 0. The fourth-order valence-electron chi connectivity index (χ4n) is 7.24. The predicted octanol–water partition coefficient (Wildman–Crippen LogP) is 5.52. The van der Waals surface area contributed by atoms with E-state index in [2.05, 4.69) is 88.8 Å². The zero-order valence-corrected chi connectivity index (χ0v) is 32.2. The van der Waals surface area contributed by atoms with Crippen LogP contribution in [0.15, 0.2) is 66.9 Å². The molecule has 0 aromatic heterocycles. The van der Waals surface area contributed by atoms with Crippen LogP contribution in [0.1, 0.15) is 59.4 Å². The van der Waals surface area contributed by atoms with Gasteiger partial charge in [-0.05, 0) is 80.1 Å². The summed E-state index contributed by atoms with van der Waals surface area (Å²) in [6, 6.07) is 17.9. The van der Waals surface area contributed by atoms with Crippen molar-refractivity contribution in [2.24, 2.45) is 5.41 Å². The van der Waals surface area contributed by atoms with Gasteiger partial charge in [-0.15, -0.1) is 5.69 Å². The second kappa shape index (κ2) is 17.4. The first-order valence-electron chi connectivity index (χ1n) is 15.8. The molecule has 2 fully saturated rings. The molecule has 2 saturated heterocycles. The maximum Gasteiger partial charge on any atom is 1.00 e. The Bertz CT molecular complexity index is 1170. The van der Waals surface area contributed by atoms with Gasteiger partial charge in [0.15, 0.2) is 0 Å². The molecule has 0 saturated carbocycles. The second-order valence-electron chi connectivity index (χ2n) is 12.5. The predicted molar refractivity (Wildman–Crippen MR) is 186 cm³/mol. The summed E-state index contributed by atoms with van der Waals surface area (Å²) in [6.45, 7) is 23.9. The Hall–Kier alpha value is -0.484. The molecular weight excluding hydrogens is 597 g/mol. The first-order chi connectivity index (χ1) is 20.3. The molecule has 3 aliphatic rings. The molecule has 2 aromatic rings. The van der Waals surface area contributed by atoms with Crippen molar-refractivity contribution in [3.05, 3.63) is 82.2 Å². The average molecular weight is 648 g/mol. The van der Waals surface area contributed by atoms with Crippen LogP contribution in [-0.2, 0) is 0 Å². The summed E-state index contributed by atoms with van der Waals surface area (Å²) in [7, 11) is 0. The van der Waals surface area contributed by atoms with E-state index in [0.717, 1.165) is 75.9 Å². The molecule has 230 valence electrons. The number of hydrogen-bond donors (Lipinski definition) is 1. The number of allylic oxidation sites excluding steroid dienone is 1. The summed E-state index contributed by atoms with van der Waals surface area (Å²) in [5, 5.41) is 0.806. The monoisotopic (exact) mass is 647 g/mol. The van der Waals surface area contributed by atoms with Crippen molar-refractivity contribution in [1.29, 1.82) is 0 Å². The van der Waals surface area contributed by atoms with Crippen LogP contribution < -0.4 is 56.3 Å². The topological polar surface area (TPSA) is 27.1 Å². The van der Waals surface area contributed by atoms with Crippen molar-refractivity contribution in [2.45, 2.75) is 66.0 Å². The Morgan fingerprint density at radius 1 is 0.953 bits per heavy atom. The van der Waals surface area contributed by atoms with E-state index < -0.39 is 0 Å². The Labute approximate surface area is 315 Å². The minimum atomic E-state index is 0. The van der Waals surface area contributed by atoms with Gasteiger partial charge < -0.3 is 14.5 Å². The summed E-state index contributed by atoms with van der Waals surface area (Å²) in [5.41, 5.74) is 6.96. The maximum atomic E-state index is 6.27. The molecule has 5 nitrogen and oxygen atoms in total. The fourth-order valence-corrected chi connectivity index (χ4v) is 7.50. The molecule has 8 heteroatoms. The van der Waals surface area contributed by atoms with Gasteiger partial charge in [0.05, 0.1) is 0 Å². The third-order valence-corrected chi connectivity index (χ3v) is 9.72. The molecule has 2 aromatic carbocycles. The van der Waals surface area contributed by atoms with Crippen molar-refractivity contribution >= 4 is 41.4 Å². The van der Waals surface area contributed by atoms with Crippen molar-refractivity contribution in [3.8, 4) is 0 Å². The molecule has 0 spiro atoms. The van der Waals surface area contributed by atoms with E-state index in [-0.39, 0.29) is 56.8 Å². The molecule has 0 amide bonds. The smallest absolute Gasteiger partial charge is 0.634 e. The van der Waals surface area contributed by atoms with Gasteiger partial charge in [-0.2, -0.15) is 0 Å². The van der Waals surface area contributed by atoms with Gasteiger partial charge in [0, 0.05) is 75.2 Å². The molecule has 3 atom stereocenters. The van der Waals surface area contributed by atoms with Crippen LogP contribution in [0, 0.1) is 5.41 Å². The minimum Gasteiger partial charge on any atom is -0.634 e. The molecule has 2 aliphatic heterocycles. The number of halogens is 1. The maximum absolute atomic E-state index is 6.27. The molecule has 1 aliphatic carbocycles. The molecular formula is C35H51ClKN5S. The number of piperazine rings is 2. The van der Waals surface area contributed by atoms with E-state index in [1.54, 1.807) is 11.1 Å². The Morgan fingerprint density at radius 3 is 2.12 bits per heavy atom. The number of nitrogens with zero attached hydrogens (tertiary/aromatic N) is 5. The van der Waals surface area contributed by atoms with Crippen LogP contribution in [0.5, 0.6) is 0 Å². The molecule has 0 bridgehead atoms. The molecule has 0 N–H and O–H groups in total. The standard InChI is InChI=1S/C33H45ClN5S.C2H6.K/c1-5-39-25(2)21-37(22-26(39)3)24-33(4)15-14-32(27-6-8-29(34)9-7-27)28(20-33)23-36-16-18-38(19-17-36)31-12-10-30(35-40)11-13-31;1-2;/h5-13,25-26,40H,1,14-24H2,2-4H3;1-2H3;/q-1;;+1. The van der Waals surface area contributed by atoms with E-state index in [0.29, 0.717) is 12.1 Å². The Balaban J connectivity index is 0.00000165. The second-order valence-corrected chi connectivity index (χ2v) is 13.1. The average Bonchev–Trinajstić information content (AvgIpc) is 2.99. The third kappa shape index (κ3) is 9.76. The van der Waals surface area contributed by atoms with Crippen molar-refractivity contribution in [2.75, 3.05) is 57.3 Å². The number of benzene rings is 2. The summed E-state index contributed by atoms with van der Waals surface area (Å²) >= 11 is 10.3. The quantitative estimate of drug-likeness (QED) is 0.302. The van der Waals surface area contributed by atoms with Crippen LogP contribution in [0.25, 0.3) is 10.3 Å². The number of anilines is 1. The summed E-state index contributed by atoms with van der Waals surface area (Å²) < 4.78 is 3.98. The van der Waals surface area contributed by atoms with E-state index in [9.17, 15) is 0 Å². The Morgan fingerprint density at radius 2 is 1.56 bits per heavy atom. The number of thiol groups is 1. The molecule has 5 rings (SSSR count). The minimum absolute atomic E-state index is 0. The van der Waals surface area contributed by atoms with Gasteiger partial charge in [-0.1, -0.05) is 68.8 Å². The van der Waals surface area contributed by atoms with E-state index in [4.69, 9.17) is 11.6 Å². The van der Waals surface area contributed by atoms with Crippen LogP contribution in [-0.4, -0.2) is 79.1 Å². The SMILES string of the molecule is C=CN1C(C)CN(CC2(C)CCC(c3ccc(Cl)cc3)=C(CN3CCN(c4ccc([N-]S)cc4)CC3)C2)CC1C.CC.[K+]. The van der Waals surface area contributed by atoms with Gasteiger partial charge in [-0.25, -0.2) is 0 Å². The van der Waals surface area contributed by atoms with Gasteiger partial charge in [0.2, 0.25) is 0 Å². The van der Waals surface area contributed by atoms with Gasteiger partial charge in [0.1, 0.15) is 0 Å². The third-order valence-electron chi connectivity index (χ3n) is 9.23. The first-order valence-corrected chi connectivity index (χ1v) is 16.6. The zero-order valence-electron chi connectivity index (χ0n) is 27.4. The van der Waals surface area contributed by atoms with Crippen LogP contribution in [0.2, 0.25) is 5.02 Å². The van der Waals surface area contributed by atoms with Crippen molar-refractivity contribution < 1.29 is 51.4 Å². The van der Waals surface area contributed by atoms with Crippen LogP contribution in [0.4, 0.5) is 11.4 Å².